The van der Waals surface area contributed by atoms with Crippen LogP contribution < -0.4 is 0 Å². The van der Waals surface area contributed by atoms with Crippen molar-refractivity contribution in [3.05, 3.63) is 17.1 Å². The zero-order valence-electron chi connectivity index (χ0n) is 11.9. The molecule has 0 amide bonds. The molecule has 0 radical (unpaired) electrons. The molecule has 126 valence electrons. The molecule has 11 heteroatoms. The first-order chi connectivity index (χ1) is 10.6. The number of alkyl halides is 5. The summed E-state index contributed by atoms with van der Waals surface area (Å²) in [5.41, 5.74) is -3.93. The number of hydrogen-bond donors (Lipinski definition) is 1. The second kappa shape index (κ2) is 4.73. The van der Waals surface area contributed by atoms with Crippen LogP contribution >= 0.6 is 0 Å². The maximum atomic E-state index is 13.0. The second-order valence-electron chi connectivity index (χ2n) is 5.54. The fourth-order valence-electron chi connectivity index (χ4n) is 2.59. The van der Waals surface area contributed by atoms with Crippen molar-refractivity contribution in [2.45, 2.75) is 44.5 Å². The molecule has 3 heterocycles. The SMILES string of the molecule is C[C@H]1Cn2c(nnc2C(F)F)-c2onc([C@@](C)(O)C(F)(F)F)c21. The van der Waals surface area contributed by atoms with Crippen molar-refractivity contribution in [3.63, 3.8) is 0 Å². The van der Waals surface area contributed by atoms with Crippen LogP contribution in [0.15, 0.2) is 4.52 Å². The molecule has 0 aromatic carbocycles. The number of rotatable bonds is 2. The molecular weight excluding hydrogens is 327 g/mol. The Kier molecular flexibility index (Phi) is 3.26. The highest BCUT2D eigenvalue weighted by atomic mass is 19.4. The van der Waals surface area contributed by atoms with Crippen LogP contribution in [0.25, 0.3) is 11.6 Å². The Morgan fingerprint density at radius 3 is 2.52 bits per heavy atom. The van der Waals surface area contributed by atoms with Gasteiger partial charge in [0.1, 0.15) is 5.69 Å². The minimum absolute atomic E-state index is 0.00644. The van der Waals surface area contributed by atoms with E-state index in [1.54, 1.807) is 0 Å². The Balaban J connectivity index is 2.18. The van der Waals surface area contributed by atoms with Gasteiger partial charge < -0.3 is 14.2 Å². The molecule has 6 nitrogen and oxygen atoms in total. The monoisotopic (exact) mass is 338 g/mol. The quantitative estimate of drug-likeness (QED) is 0.852. The van der Waals surface area contributed by atoms with Crippen molar-refractivity contribution in [2.24, 2.45) is 0 Å². The summed E-state index contributed by atoms with van der Waals surface area (Å²) >= 11 is 0. The summed E-state index contributed by atoms with van der Waals surface area (Å²) in [4.78, 5) is 0. The molecule has 2 atom stereocenters. The van der Waals surface area contributed by atoms with E-state index in [0.717, 1.165) is 4.57 Å². The van der Waals surface area contributed by atoms with Crippen LogP contribution in [0.4, 0.5) is 22.0 Å². The Bertz CT molecular complexity index is 749. The van der Waals surface area contributed by atoms with E-state index in [9.17, 15) is 27.1 Å². The molecule has 0 spiro atoms. The summed E-state index contributed by atoms with van der Waals surface area (Å²) in [5, 5.41) is 20.0. The molecule has 1 aliphatic heterocycles. The molecule has 3 rings (SSSR count). The number of aliphatic hydroxyl groups is 1. The van der Waals surface area contributed by atoms with Crippen LogP contribution in [-0.4, -0.2) is 31.2 Å². The zero-order valence-corrected chi connectivity index (χ0v) is 11.9. The molecule has 0 fully saturated rings. The highest BCUT2D eigenvalue weighted by Gasteiger charge is 2.55. The van der Waals surface area contributed by atoms with Gasteiger partial charge in [0.2, 0.25) is 23.0 Å². The van der Waals surface area contributed by atoms with E-state index < -0.39 is 35.6 Å². The predicted molar refractivity (Wildman–Crippen MR) is 64.5 cm³/mol. The van der Waals surface area contributed by atoms with Crippen LogP contribution in [-0.2, 0) is 12.1 Å². The Labute approximate surface area is 125 Å². The first-order valence-electron chi connectivity index (χ1n) is 6.56. The van der Waals surface area contributed by atoms with Crippen molar-refractivity contribution in [3.8, 4) is 11.6 Å². The minimum atomic E-state index is -4.98. The third-order valence-electron chi connectivity index (χ3n) is 3.87. The lowest BCUT2D eigenvalue weighted by atomic mass is 9.88. The molecule has 1 N–H and O–H groups in total. The average molecular weight is 338 g/mol. The molecular formula is C12H11F5N4O2. The van der Waals surface area contributed by atoms with E-state index in [1.807, 2.05) is 0 Å². The van der Waals surface area contributed by atoms with Gasteiger partial charge in [-0.15, -0.1) is 10.2 Å². The largest absolute Gasteiger partial charge is 0.422 e. The lowest BCUT2D eigenvalue weighted by molar-refractivity contribution is -0.261. The van der Waals surface area contributed by atoms with Crippen LogP contribution in [0.5, 0.6) is 0 Å². The number of aromatic nitrogens is 4. The Morgan fingerprint density at radius 2 is 1.96 bits per heavy atom. The maximum absolute atomic E-state index is 13.0. The molecule has 0 saturated carbocycles. The van der Waals surface area contributed by atoms with Crippen molar-refractivity contribution in [1.82, 2.24) is 19.9 Å². The molecule has 1 aliphatic rings. The van der Waals surface area contributed by atoms with E-state index in [1.165, 1.54) is 6.92 Å². The molecule has 23 heavy (non-hydrogen) atoms. The molecule has 2 aromatic rings. The smallest absolute Gasteiger partial charge is 0.375 e. The van der Waals surface area contributed by atoms with E-state index in [4.69, 9.17) is 4.52 Å². The molecule has 0 aliphatic carbocycles. The van der Waals surface area contributed by atoms with Gasteiger partial charge >= 0.3 is 6.18 Å². The average Bonchev–Trinajstić information content (AvgIpc) is 3.00. The van der Waals surface area contributed by atoms with Gasteiger partial charge in [0.05, 0.1) is 0 Å². The summed E-state index contributed by atoms with van der Waals surface area (Å²) in [5.74, 6) is -1.58. The van der Waals surface area contributed by atoms with Crippen LogP contribution in [0.3, 0.4) is 0 Å². The summed E-state index contributed by atoms with van der Waals surface area (Å²) in [6.45, 7) is 2.00. The molecule has 0 saturated heterocycles. The summed E-state index contributed by atoms with van der Waals surface area (Å²) in [6, 6.07) is 0. The van der Waals surface area contributed by atoms with Crippen molar-refractivity contribution in [2.75, 3.05) is 0 Å². The fraction of sp³-hybridized carbons (Fsp3) is 0.583. The van der Waals surface area contributed by atoms with Crippen LogP contribution in [0, 0.1) is 0 Å². The van der Waals surface area contributed by atoms with Gasteiger partial charge in [0.15, 0.2) is 0 Å². The standard InChI is InChI=1S/C12H11F5N4O2/c1-4-3-21-9(18-19-10(21)8(13)14)6-5(4)7(20-23-6)11(2,22)12(15,16)17/h4,8,22H,3H2,1-2H3/t4-,11+/m0/s1. The second-order valence-corrected chi connectivity index (χ2v) is 5.54. The van der Waals surface area contributed by atoms with Crippen LogP contribution in [0.2, 0.25) is 0 Å². The number of halogens is 5. The third kappa shape index (κ3) is 2.13. The zero-order chi connectivity index (χ0) is 17.2. The van der Waals surface area contributed by atoms with E-state index in [0.29, 0.717) is 6.92 Å². The molecule has 0 bridgehead atoms. The van der Waals surface area contributed by atoms with E-state index >= 15 is 0 Å². The molecule has 2 aromatic heterocycles. The Morgan fingerprint density at radius 1 is 1.30 bits per heavy atom. The lowest BCUT2D eigenvalue weighted by Gasteiger charge is -2.27. The summed E-state index contributed by atoms with van der Waals surface area (Å²) in [7, 11) is 0. The lowest BCUT2D eigenvalue weighted by Crippen LogP contribution is -2.40. The van der Waals surface area contributed by atoms with E-state index in [-0.39, 0.29) is 23.7 Å². The van der Waals surface area contributed by atoms with E-state index in [2.05, 4.69) is 15.4 Å². The summed E-state index contributed by atoms with van der Waals surface area (Å²) in [6.07, 6.45) is -7.86. The van der Waals surface area contributed by atoms with Gasteiger partial charge in [-0.1, -0.05) is 12.1 Å². The molecule has 0 unspecified atom stereocenters. The van der Waals surface area contributed by atoms with Gasteiger partial charge in [-0.3, -0.25) is 0 Å². The van der Waals surface area contributed by atoms with Gasteiger partial charge in [-0.2, -0.15) is 13.2 Å². The van der Waals surface area contributed by atoms with Gasteiger partial charge in [0.25, 0.3) is 6.43 Å². The summed E-state index contributed by atoms with van der Waals surface area (Å²) < 4.78 is 70.8. The first-order valence-corrected chi connectivity index (χ1v) is 6.56. The Hall–Kier alpha value is -2.04. The third-order valence-corrected chi connectivity index (χ3v) is 3.87. The number of fused-ring (bicyclic) bond motifs is 3. The highest BCUT2D eigenvalue weighted by molar-refractivity contribution is 5.59. The fourth-order valence-corrected chi connectivity index (χ4v) is 2.59. The van der Waals surface area contributed by atoms with Crippen LogP contribution in [0.1, 0.15) is 43.3 Å². The first kappa shape index (κ1) is 15.8. The number of hydrogen-bond acceptors (Lipinski definition) is 5. The number of nitrogens with zero attached hydrogens (tertiary/aromatic N) is 4. The van der Waals surface area contributed by atoms with Crippen molar-refractivity contribution >= 4 is 0 Å². The topological polar surface area (TPSA) is 77.0 Å². The predicted octanol–water partition coefficient (Wildman–Crippen LogP) is 2.76. The van der Waals surface area contributed by atoms with Gasteiger partial charge in [-0.05, 0) is 6.92 Å². The minimum Gasteiger partial charge on any atom is -0.375 e. The van der Waals surface area contributed by atoms with Gasteiger partial charge in [0, 0.05) is 18.0 Å². The normalized spacial score (nSPS) is 20.3. The maximum Gasteiger partial charge on any atom is 0.422 e. The highest BCUT2D eigenvalue weighted by Crippen LogP contribution is 2.46. The van der Waals surface area contributed by atoms with Crippen molar-refractivity contribution < 1.29 is 31.6 Å². The van der Waals surface area contributed by atoms with Gasteiger partial charge in [-0.25, -0.2) is 8.78 Å². The van der Waals surface area contributed by atoms with Crippen molar-refractivity contribution in [1.29, 1.82) is 0 Å².